The third-order valence-electron chi connectivity index (χ3n) is 3.17. The first-order valence-electron chi connectivity index (χ1n) is 6.98. The average molecular weight is 391 g/mol. The van der Waals surface area contributed by atoms with Crippen molar-refractivity contribution in [2.45, 2.75) is 13.0 Å². The highest BCUT2D eigenvalue weighted by atomic mass is 35.5. The minimum Gasteiger partial charge on any atom is -0.468 e. The van der Waals surface area contributed by atoms with Gasteiger partial charge in [-0.25, -0.2) is 8.42 Å². The smallest absolute Gasteiger partial charge is 0.225 e. The third kappa shape index (κ3) is 5.52. The molecule has 0 radical (unpaired) electrons. The van der Waals surface area contributed by atoms with Gasteiger partial charge < -0.3 is 9.73 Å². The number of hydrogen-bond donors (Lipinski definition) is 1. The van der Waals surface area contributed by atoms with Crippen LogP contribution in [0.3, 0.4) is 0 Å². The summed E-state index contributed by atoms with van der Waals surface area (Å²) >= 11 is 11.8. The fourth-order valence-corrected chi connectivity index (χ4v) is 3.21. The van der Waals surface area contributed by atoms with Gasteiger partial charge in [-0.3, -0.25) is 4.79 Å². The van der Waals surface area contributed by atoms with E-state index in [0.29, 0.717) is 21.5 Å². The maximum absolute atomic E-state index is 12.0. The number of sulfonamides is 1. The molecule has 9 heteroatoms. The molecule has 2 rings (SSSR count). The molecule has 0 bridgehead atoms. The van der Waals surface area contributed by atoms with Crippen LogP contribution in [-0.4, -0.2) is 31.4 Å². The maximum Gasteiger partial charge on any atom is 0.225 e. The Morgan fingerprint density at radius 2 is 2.04 bits per heavy atom. The molecule has 130 valence electrons. The van der Waals surface area contributed by atoms with E-state index < -0.39 is 10.0 Å². The minimum atomic E-state index is -3.47. The Morgan fingerprint density at radius 1 is 1.29 bits per heavy atom. The molecule has 0 saturated heterocycles. The summed E-state index contributed by atoms with van der Waals surface area (Å²) in [6.45, 7) is 0.0946. The lowest BCUT2D eigenvalue weighted by Crippen LogP contribution is -2.32. The van der Waals surface area contributed by atoms with Crippen LogP contribution in [0.4, 0.5) is 5.69 Å². The lowest BCUT2D eigenvalue weighted by molar-refractivity contribution is -0.116. The van der Waals surface area contributed by atoms with Crippen molar-refractivity contribution >= 4 is 44.8 Å². The van der Waals surface area contributed by atoms with E-state index in [1.807, 2.05) is 0 Å². The largest absolute Gasteiger partial charge is 0.468 e. The second-order valence-electron chi connectivity index (χ2n) is 5.10. The average Bonchev–Trinajstić information content (AvgIpc) is 2.98. The lowest BCUT2D eigenvalue weighted by atomic mass is 10.3. The zero-order valence-electron chi connectivity index (χ0n) is 12.8. The monoisotopic (exact) mass is 390 g/mol. The summed E-state index contributed by atoms with van der Waals surface area (Å²) in [5, 5.41) is 3.40. The molecule has 2 aromatic rings. The molecule has 0 aliphatic rings. The summed E-state index contributed by atoms with van der Waals surface area (Å²) in [5.41, 5.74) is 0.419. The summed E-state index contributed by atoms with van der Waals surface area (Å²) in [6, 6.07) is 8.04. The van der Waals surface area contributed by atoms with Gasteiger partial charge in [0, 0.05) is 18.0 Å². The van der Waals surface area contributed by atoms with Crippen LogP contribution >= 0.6 is 23.2 Å². The molecule has 6 nitrogen and oxygen atoms in total. The minimum absolute atomic E-state index is 0.0211. The molecule has 1 aromatic heterocycles. The number of benzene rings is 1. The van der Waals surface area contributed by atoms with Crippen molar-refractivity contribution in [3.63, 3.8) is 0 Å². The Balaban J connectivity index is 1.97. The summed E-state index contributed by atoms with van der Waals surface area (Å²) in [4.78, 5) is 12.0. The van der Waals surface area contributed by atoms with Gasteiger partial charge in [-0.1, -0.05) is 23.2 Å². The highest BCUT2D eigenvalue weighted by Gasteiger charge is 2.19. The highest BCUT2D eigenvalue weighted by molar-refractivity contribution is 7.88. The van der Waals surface area contributed by atoms with Crippen LogP contribution in [0.2, 0.25) is 10.0 Å². The van der Waals surface area contributed by atoms with Crippen LogP contribution in [0.5, 0.6) is 0 Å². The zero-order chi connectivity index (χ0) is 17.7. The zero-order valence-corrected chi connectivity index (χ0v) is 15.2. The van der Waals surface area contributed by atoms with Crippen LogP contribution in [0.1, 0.15) is 12.2 Å². The first-order valence-corrected chi connectivity index (χ1v) is 9.58. The molecule has 24 heavy (non-hydrogen) atoms. The van der Waals surface area contributed by atoms with Gasteiger partial charge >= 0.3 is 0 Å². The Labute approximate surface area is 150 Å². The van der Waals surface area contributed by atoms with E-state index in [1.54, 1.807) is 24.3 Å². The fraction of sp³-hybridized carbons (Fsp3) is 0.267. The van der Waals surface area contributed by atoms with E-state index in [0.717, 1.165) is 6.26 Å². The molecule has 1 aromatic carbocycles. The molecule has 0 atom stereocenters. The van der Waals surface area contributed by atoms with Gasteiger partial charge in [0.25, 0.3) is 0 Å². The van der Waals surface area contributed by atoms with Gasteiger partial charge in [-0.2, -0.15) is 4.31 Å². The molecule has 1 N–H and O–H groups in total. The number of hydrogen-bond acceptors (Lipinski definition) is 4. The van der Waals surface area contributed by atoms with Crippen LogP contribution < -0.4 is 5.32 Å². The van der Waals surface area contributed by atoms with E-state index in [2.05, 4.69) is 5.32 Å². The summed E-state index contributed by atoms with van der Waals surface area (Å²) < 4.78 is 30.0. The molecule has 0 spiro atoms. The Morgan fingerprint density at radius 3 is 2.62 bits per heavy atom. The van der Waals surface area contributed by atoms with Crippen LogP contribution in [0, 0.1) is 0 Å². The van der Waals surface area contributed by atoms with Gasteiger partial charge in [0.05, 0.1) is 29.8 Å². The number of anilines is 1. The van der Waals surface area contributed by atoms with Gasteiger partial charge in [0.1, 0.15) is 5.76 Å². The van der Waals surface area contributed by atoms with E-state index in [9.17, 15) is 13.2 Å². The highest BCUT2D eigenvalue weighted by Crippen LogP contribution is 2.25. The number of carbonyl (C=O) groups is 1. The predicted molar refractivity (Wildman–Crippen MR) is 93.7 cm³/mol. The first kappa shape index (κ1) is 18.8. The molecule has 0 aliphatic heterocycles. The SMILES string of the molecule is CS(=O)(=O)N(CCC(=O)Nc1ccc(Cl)cc1Cl)Cc1ccco1. The first-order chi connectivity index (χ1) is 11.3. The number of halogens is 2. The van der Waals surface area contributed by atoms with Gasteiger partial charge in [0.15, 0.2) is 0 Å². The standard InChI is InChI=1S/C15H16Cl2N2O4S/c1-24(21,22)19(10-12-3-2-8-23-12)7-6-15(20)18-14-5-4-11(16)9-13(14)17/h2-5,8-9H,6-7,10H2,1H3,(H,18,20). The second kappa shape index (κ2) is 8.02. The predicted octanol–water partition coefficient (Wildman–Crippen LogP) is 3.38. The van der Waals surface area contributed by atoms with E-state index >= 15 is 0 Å². The van der Waals surface area contributed by atoms with E-state index in [4.69, 9.17) is 27.6 Å². The van der Waals surface area contributed by atoms with Crippen molar-refractivity contribution in [1.82, 2.24) is 4.31 Å². The van der Waals surface area contributed by atoms with Crippen molar-refractivity contribution in [1.29, 1.82) is 0 Å². The molecule has 0 saturated carbocycles. The molecule has 0 unspecified atom stereocenters. The van der Waals surface area contributed by atoms with Crippen molar-refractivity contribution in [2.75, 3.05) is 18.1 Å². The van der Waals surface area contributed by atoms with Crippen LogP contribution in [0.15, 0.2) is 41.0 Å². The number of furan rings is 1. The topological polar surface area (TPSA) is 79.6 Å². The number of nitrogens with one attached hydrogen (secondary N) is 1. The normalized spacial score (nSPS) is 11.7. The van der Waals surface area contributed by atoms with Crippen molar-refractivity contribution in [3.8, 4) is 0 Å². The van der Waals surface area contributed by atoms with Crippen LogP contribution in [-0.2, 0) is 21.4 Å². The molecular formula is C15H16Cl2N2O4S. The lowest BCUT2D eigenvalue weighted by Gasteiger charge is -2.18. The fourth-order valence-electron chi connectivity index (χ4n) is 1.97. The van der Waals surface area contributed by atoms with E-state index in [-0.39, 0.29) is 25.4 Å². The number of rotatable bonds is 7. The Hall–Kier alpha value is -1.54. The Bertz CT molecular complexity index is 807. The molecule has 1 heterocycles. The third-order valence-corrected chi connectivity index (χ3v) is 4.97. The van der Waals surface area contributed by atoms with Crippen LogP contribution in [0.25, 0.3) is 0 Å². The summed E-state index contributed by atoms with van der Waals surface area (Å²) in [6.07, 6.45) is 2.53. The van der Waals surface area contributed by atoms with Gasteiger partial charge in [0.2, 0.25) is 15.9 Å². The van der Waals surface area contributed by atoms with Crippen molar-refractivity contribution < 1.29 is 17.6 Å². The molecular weight excluding hydrogens is 375 g/mol. The van der Waals surface area contributed by atoms with Gasteiger partial charge in [-0.15, -0.1) is 0 Å². The second-order valence-corrected chi connectivity index (χ2v) is 7.92. The maximum atomic E-state index is 12.0. The molecule has 0 fully saturated rings. The number of carbonyl (C=O) groups excluding carboxylic acids is 1. The molecule has 1 amide bonds. The Kier molecular flexibility index (Phi) is 6.28. The quantitative estimate of drug-likeness (QED) is 0.785. The number of nitrogens with zero attached hydrogens (tertiary/aromatic N) is 1. The summed E-state index contributed by atoms with van der Waals surface area (Å²) in [5.74, 6) is 0.147. The molecule has 0 aliphatic carbocycles. The van der Waals surface area contributed by atoms with Crippen molar-refractivity contribution in [3.05, 3.63) is 52.4 Å². The van der Waals surface area contributed by atoms with Crippen molar-refractivity contribution in [2.24, 2.45) is 0 Å². The summed E-state index contributed by atoms with van der Waals surface area (Å²) in [7, 11) is -3.47. The van der Waals surface area contributed by atoms with E-state index in [1.165, 1.54) is 16.6 Å². The number of amides is 1. The van der Waals surface area contributed by atoms with Gasteiger partial charge in [-0.05, 0) is 30.3 Å².